The van der Waals surface area contributed by atoms with E-state index in [1.165, 1.54) is 0 Å². The SMILES string of the molecule is Cc1nc2ccccc2n1CCCNC(=O)CCc1nc(-c2cccs2)no1. The summed E-state index contributed by atoms with van der Waals surface area (Å²) in [6, 6.07) is 12.0. The Hall–Kier alpha value is -3.00. The molecule has 8 heteroatoms. The van der Waals surface area contributed by atoms with Gasteiger partial charge in [-0.25, -0.2) is 4.98 Å². The summed E-state index contributed by atoms with van der Waals surface area (Å²) in [6.07, 6.45) is 1.62. The minimum absolute atomic E-state index is 0.0110. The van der Waals surface area contributed by atoms with Crippen LogP contribution in [0.15, 0.2) is 46.3 Å². The normalized spacial score (nSPS) is 11.2. The fraction of sp³-hybridized carbons (Fsp3) is 0.300. The molecule has 0 atom stereocenters. The molecule has 0 aliphatic rings. The van der Waals surface area contributed by atoms with Gasteiger partial charge in [0.05, 0.1) is 15.9 Å². The summed E-state index contributed by atoms with van der Waals surface area (Å²) >= 11 is 1.56. The maximum Gasteiger partial charge on any atom is 0.227 e. The molecule has 0 saturated heterocycles. The van der Waals surface area contributed by atoms with Crippen molar-refractivity contribution in [2.45, 2.75) is 32.7 Å². The van der Waals surface area contributed by atoms with Crippen LogP contribution in [0.1, 0.15) is 24.6 Å². The average molecular weight is 395 g/mol. The molecule has 4 rings (SSSR count). The van der Waals surface area contributed by atoms with E-state index >= 15 is 0 Å². The van der Waals surface area contributed by atoms with E-state index < -0.39 is 0 Å². The van der Waals surface area contributed by atoms with Crippen LogP contribution in [-0.2, 0) is 17.8 Å². The molecule has 0 unspecified atom stereocenters. The molecule has 3 heterocycles. The Balaban J connectivity index is 1.21. The van der Waals surface area contributed by atoms with E-state index in [4.69, 9.17) is 4.52 Å². The summed E-state index contributed by atoms with van der Waals surface area (Å²) < 4.78 is 7.41. The van der Waals surface area contributed by atoms with Crippen molar-refractivity contribution in [2.75, 3.05) is 6.54 Å². The van der Waals surface area contributed by atoms with Gasteiger partial charge in [-0.1, -0.05) is 23.4 Å². The fourth-order valence-electron chi connectivity index (χ4n) is 3.11. The number of fused-ring (bicyclic) bond motifs is 1. The Labute approximate surface area is 166 Å². The van der Waals surface area contributed by atoms with Gasteiger partial charge in [0.1, 0.15) is 5.82 Å². The van der Waals surface area contributed by atoms with Crippen molar-refractivity contribution in [1.82, 2.24) is 25.0 Å². The number of aromatic nitrogens is 4. The summed E-state index contributed by atoms with van der Waals surface area (Å²) in [6.45, 7) is 3.45. The highest BCUT2D eigenvalue weighted by Gasteiger charge is 2.11. The Morgan fingerprint density at radius 2 is 2.11 bits per heavy atom. The number of carbonyl (C=O) groups excluding carboxylic acids is 1. The molecule has 4 aromatic rings. The molecular formula is C20H21N5O2S. The third kappa shape index (κ3) is 4.12. The number of nitrogens with zero attached hydrogens (tertiary/aromatic N) is 4. The van der Waals surface area contributed by atoms with E-state index in [1.54, 1.807) is 11.3 Å². The molecule has 0 aliphatic carbocycles. The lowest BCUT2D eigenvalue weighted by molar-refractivity contribution is -0.121. The van der Waals surface area contributed by atoms with Crippen LogP contribution in [0.2, 0.25) is 0 Å². The topological polar surface area (TPSA) is 85.8 Å². The number of hydrogen-bond acceptors (Lipinski definition) is 6. The zero-order valence-corrected chi connectivity index (χ0v) is 16.4. The first-order chi connectivity index (χ1) is 13.7. The van der Waals surface area contributed by atoms with E-state index in [0.717, 1.165) is 34.7 Å². The molecule has 1 aromatic carbocycles. The van der Waals surface area contributed by atoms with Crippen LogP contribution in [0.3, 0.4) is 0 Å². The van der Waals surface area contributed by atoms with E-state index in [9.17, 15) is 4.79 Å². The molecule has 3 aromatic heterocycles. The van der Waals surface area contributed by atoms with E-state index in [2.05, 4.69) is 31.1 Å². The van der Waals surface area contributed by atoms with Crippen molar-refractivity contribution in [1.29, 1.82) is 0 Å². The van der Waals surface area contributed by atoms with Gasteiger partial charge >= 0.3 is 0 Å². The lowest BCUT2D eigenvalue weighted by atomic mass is 10.3. The lowest BCUT2D eigenvalue weighted by Crippen LogP contribution is -2.25. The molecule has 28 heavy (non-hydrogen) atoms. The van der Waals surface area contributed by atoms with Gasteiger partial charge in [0, 0.05) is 25.9 Å². The predicted octanol–water partition coefficient (Wildman–Crippen LogP) is 3.60. The Morgan fingerprint density at radius 1 is 1.21 bits per heavy atom. The molecule has 144 valence electrons. The predicted molar refractivity (Wildman–Crippen MR) is 108 cm³/mol. The van der Waals surface area contributed by atoms with Gasteiger partial charge in [-0.2, -0.15) is 4.98 Å². The number of imidazole rings is 1. The number of aryl methyl sites for hydroxylation is 3. The number of para-hydroxylation sites is 2. The maximum absolute atomic E-state index is 12.1. The molecule has 0 saturated carbocycles. The zero-order valence-electron chi connectivity index (χ0n) is 15.6. The van der Waals surface area contributed by atoms with Crippen LogP contribution in [-0.4, -0.2) is 32.1 Å². The van der Waals surface area contributed by atoms with Gasteiger partial charge in [0.15, 0.2) is 0 Å². The highest BCUT2D eigenvalue weighted by molar-refractivity contribution is 7.13. The second-order valence-corrected chi connectivity index (χ2v) is 7.44. The van der Waals surface area contributed by atoms with Crippen LogP contribution >= 0.6 is 11.3 Å². The number of thiophene rings is 1. The maximum atomic E-state index is 12.1. The summed E-state index contributed by atoms with van der Waals surface area (Å²) in [7, 11) is 0. The lowest BCUT2D eigenvalue weighted by Gasteiger charge is -2.08. The number of carbonyl (C=O) groups is 1. The smallest absolute Gasteiger partial charge is 0.227 e. The van der Waals surface area contributed by atoms with E-state index in [-0.39, 0.29) is 5.91 Å². The first-order valence-electron chi connectivity index (χ1n) is 9.26. The molecule has 0 radical (unpaired) electrons. The molecule has 0 bridgehead atoms. The van der Waals surface area contributed by atoms with Crippen LogP contribution < -0.4 is 5.32 Å². The largest absolute Gasteiger partial charge is 0.356 e. The first-order valence-corrected chi connectivity index (χ1v) is 10.1. The Bertz CT molecular complexity index is 1070. The standard InChI is InChI=1S/C20H21N5O2S/c1-14-22-15-6-2-3-7-16(15)25(14)12-5-11-21-18(26)9-10-19-23-20(24-27-19)17-8-4-13-28-17/h2-4,6-8,13H,5,9-12H2,1H3,(H,21,26). The van der Waals surface area contributed by atoms with E-state index in [1.807, 2.05) is 42.6 Å². The number of rotatable bonds is 8. The van der Waals surface area contributed by atoms with Crippen molar-refractivity contribution in [3.63, 3.8) is 0 Å². The summed E-state index contributed by atoms with van der Waals surface area (Å²) in [5.41, 5.74) is 2.13. The van der Waals surface area contributed by atoms with Gasteiger partial charge in [-0.3, -0.25) is 4.79 Å². The Kier molecular flexibility index (Phi) is 5.48. The fourth-order valence-corrected chi connectivity index (χ4v) is 3.76. The van der Waals surface area contributed by atoms with E-state index in [0.29, 0.717) is 31.1 Å². The third-order valence-electron chi connectivity index (χ3n) is 4.50. The van der Waals surface area contributed by atoms with Crippen LogP contribution in [0, 0.1) is 6.92 Å². The second-order valence-electron chi connectivity index (χ2n) is 6.49. The van der Waals surface area contributed by atoms with Crippen LogP contribution in [0.25, 0.3) is 21.7 Å². The number of nitrogens with one attached hydrogen (secondary N) is 1. The first kappa shape index (κ1) is 18.4. The van der Waals surface area contributed by atoms with Crippen molar-refractivity contribution in [3.05, 3.63) is 53.5 Å². The third-order valence-corrected chi connectivity index (χ3v) is 5.37. The molecule has 0 fully saturated rings. The molecule has 0 aliphatic heterocycles. The minimum Gasteiger partial charge on any atom is -0.356 e. The number of benzene rings is 1. The van der Waals surface area contributed by atoms with Gasteiger partial charge in [0.2, 0.25) is 17.6 Å². The zero-order chi connectivity index (χ0) is 19.3. The number of amides is 1. The Morgan fingerprint density at radius 3 is 2.96 bits per heavy atom. The van der Waals surface area contributed by atoms with Gasteiger partial charge in [-0.05, 0) is 36.9 Å². The highest BCUT2D eigenvalue weighted by atomic mass is 32.1. The van der Waals surface area contributed by atoms with Gasteiger partial charge in [0.25, 0.3) is 0 Å². The molecule has 7 nitrogen and oxygen atoms in total. The van der Waals surface area contributed by atoms with Crippen molar-refractivity contribution >= 4 is 28.3 Å². The summed E-state index contributed by atoms with van der Waals surface area (Å²) in [5.74, 6) is 2.04. The average Bonchev–Trinajstić information content (AvgIpc) is 3.43. The number of hydrogen-bond donors (Lipinski definition) is 1. The summed E-state index contributed by atoms with van der Waals surface area (Å²) in [5, 5.41) is 8.88. The molecule has 0 spiro atoms. The highest BCUT2D eigenvalue weighted by Crippen LogP contribution is 2.21. The monoisotopic (exact) mass is 395 g/mol. The van der Waals surface area contributed by atoms with Crippen LogP contribution in [0.5, 0.6) is 0 Å². The minimum atomic E-state index is -0.0110. The van der Waals surface area contributed by atoms with Gasteiger partial charge in [-0.15, -0.1) is 11.3 Å². The quantitative estimate of drug-likeness (QED) is 0.461. The summed E-state index contributed by atoms with van der Waals surface area (Å²) in [4.78, 5) is 21.9. The van der Waals surface area contributed by atoms with Crippen molar-refractivity contribution in [2.24, 2.45) is 0 Å². The molecular weight excluding hydrogens is 374 g/mol. The molecule has 1 N–H and O–H groups in total. The van der Waals surface area contributed by atoms with Crippen molar-refractivity contribution < 1.29 is 9.32 Å². The second kappa shape index (κ2) is 8.35. The van der Waals surface area contributed by atoms with Crippen molar-refractivity contribution in [3.8, 4) is 10.7 Å². The van der Waals surface area contributed by atoms with Gasteiger partial charge < -0.3 is 14.4 Å². The van der Waals surface area contributed by atoms with Crippen LogP contribution in [0.4, 0.5) is 0 Å². The molecule has 1 amide bonds.